The minimum Gasteiger partial charge on any atom is -0.316 e. The monoisotopic (exact) mass is 230 g/mol. The summed E-state index contributed by atoms with van der Waals surface area (Å²) < 4.78 is 5.17. The van der Waals surface area contributed by atoms with Gasteiger partial charge in [0.15, 0.2) is 0 Å². The second-order valence-corrected chi connectivity index (χ2v) is 3.65. The number of hydrogen-bond acceptors (Lipinski definition) is 3. The topological polar surface area (TPSA) is 15.3 Å². The normalized spacial score (nSPS) is 20.6. The molecule has 0 aromatic rings. The summed E-state index contributed by atoms with van der Waals surface area (Å²) in [5.74, 6) is 0. The highest BCUT2D eigenvalue weighted by Gasteiger charge is 2.14. The number of nitrogens with one attached hydrogen (secondary N) is 1. The van der Waals surface area contributed by atoms with E-state index in [0.29, 0.717) is 0 Å². The van der Waals surface area contributed by atoms with E-state index in [9.17, 15) is 0 Å². The Bertz CT molecular complexity index is 257. The molecule has 0 bridgehead atoms. The molecule has 58 valence electrons. The lowest BCUT2D eigenvalue weighted by Crippen LogP contribution is -2.06. The van der Waals surface area contributed by atoms with Crippen molar-refractivity contribution < 1.29 is 0 Å². The summed E-state index contributed by atoms with van der Waals surface area (Å²) in [6.07, 6.45) is 8.32. The van der Waals surface area contributed by atoms with Crippen molar-refractivity contribution in [2.45, 2.75) is 0 Å². The fourth-order valence-corrected chi connectivity index (χ4v) is 1.93. The van der Waals surface area contributed by atoms with Gasteiger partial charge in [-0.2, -0.15) is 0 Å². The summed E-state index contributed by atoms with van der Waals surface area (Å²) >= 11 is 5.00. The van der Waals surface area contributed by atoms with Gasteiger partial charge in [0, 0.05) is 17.7 Å². The fourth-order valence-electron chi connectivity index (χ4n) is 0.966. The van der Waals surface area contributed by atoms with Gasteiger partial charge in [-0.3, -0.25) is 4.31 Å². The van der Waals surface area contributed by atoms with Gasteiger partial charge < -0.3 is 4.72 Å². The van der Waals surface area contributed by atoms with E-state index < -0.39 is 0 Å². The molecule has 2 rings (SSSR count). The number of allylic oxidation sites excluding steroid dienone is 3. The lowest BCUT2D eigenvalue weighted by atomic mass is 10.2. The van der Waals surface area contributed by atoms with Crippen molar-refractivity contribution in [3.8, 4) is 0 Å². The lowest BCUT2D eigenvalue weighted by Gasteiger charge is -2.16. The van der Waals surface area contributed by atoms with Gasteiger partial charge in [-0.25, -0.2) is 0 Å². The summed E-state index contributed by atoms with van der Waals surface area (Å²) in [7, 11) is 0. The maximum absolute atomic E-state index is 3.42. The van der Waals surface area contributed by atoms with Gasteiger partial charge in [0.2, 0.25) is 0 Å². The van der Waals surface area contributed by atoms with Crippen LogP contribution in [0.25, 0.3) is 0 Å². The van der Waals surface area contributed by atoms with Crippen LogP contribution in [0.3, 0.4) is 0 Å². The average molecular weight is 231 g/mol. The summed E-state index contributed by atoms with van der Waals surface area (Å²) in [5.41, 5.74) is 2.52. The molecule has 0 atom stereocenters. The summed E-state index contributed by atoms with van der Waals surface area (Å²) in [6, 6.07) is 0. The lowest BCUT2D eigenvalue weighted by molar-refractivity contribution is 0.801. The van der Waals surface area contributed by atoms with E-state index in [-0.39, 0.29) is 0 Å². The number of fused-ring (bicyclic) bond motifs is 1. The molecular weight excluding hydrogens is 224 g/mol. The largest absolute Gasteiger partial charge is 0.316 e. The number of alkyl halides is 1. The molecule has 11 heavy (non-hydrogen) atoms. The second kappa shape index (κ2) is 2.95. The van der Waals surface area contributed by atoms with Gasteiger partial charge in [0.1, 0.15) is 0 Å². The Labute approximate surface area is 78.4 Å². The van der Waals surface area contributed by atoms with Crippen molar-refractivity contribution >= 4 is 28.1 Å². The first kappa shape index (κ1) is 7.31. The smallest absolute Gasteiger partial charge is 0.0726 e. The van der Waals surface area contributed by atoms with Gasteiger partial charge >= 0.3 is 0 Å². The van der Waals surface area contributed by atoms with Crippen molar-refractivity contribution in [3.05, 3.63) is 35.8 Å². The zero-order chi connectivity index (χ0) is 7.68. The zero-order valence-corrected chi connectivity index (χ0v) is 8.15. The highest BCUT2D eigenvalue weighted by atomic mass is 79.9. The molecule has 0 unspecified atom stereocenters. The van der Waals surface area contributed by atoms with E-state index in [1.807, 2.05) is 6.20 Å². The highest BCUT2D eigenvalue weighted by Crippen LogP contribution is 2.27. The van der Waals surface area contributed by atoms with Gasteiger partial charge in [-0.15, -0.1) is 0 Å². The molecular formula is C7H7BrN2S. The predicted octanol–water partition coefficient (Wildman–Crippen LogP) is 2.14. The van der Waals surface area contributed by atoms with Crippen LogP contribution in [0, 0.1) is 0 Å². The molecule has 2 nitrogen and oxygen atoms in total. The average Bonchev–Trinajstić information content (AvgIpc) is 2.50. The highest BCUT2D eigenvalue weighted by molar-refractivity contribution is 9.09. The van der Waals surface area contributed by atoms with Crippen LogP contribution in [0.2, 0.25) is 0 Å². The third-order valence-electron chi connectivity index (χ3n) is 1.52. The molecule has 2 aliphatic heterocycles. The van der Waals surface area contributed by atoms with Crippen LogP contribution >= 0.6 is 28.1 Å². The fraction of sp³-hybridized carbons (Fsp3) is 0.143. The Morgan fingerprint density at radius 3 is 3.36 bits per heavy atom. The minimum atomic E-state index is 0.916. The quantitative estimate of drug-likeness (QED) is 0.549. The van der Waals surface area contributed by atoms with Crippen molar-refractivity contribution in [1.29, 1.82) is 0 Å². The van der Waals surface area contributed by atoms with Crippen LogP contribution in [-0.2, 0) is 0 Å². The van der Waals surface area contributed by atoms with E-state index in [1.54, 1.807) is 12.1 Å². The summed E-state index contributed by atoms with van der Waals surface area (Å²) in [4.78, 5) is 0. The first-order chi connectivity index (χ1) is 5.40. The van der Waals surface area contributed by atoms with Crippen molar-refractivity contribution in [3.63, 3.8) is 0 Å². The van der Waals surface area contributed by atoms with Gasteiger partial charge in [0.25, 0.3) is 0 Å². The summed E-state index contributed by atoms with van der Waals surface area (Å²) in [5, 5.41) is 0.916. The zero-order valence-electron chi connectivity index (χ0n) is 5.75. The molecule has 0 saturated heterocycles. The van der Waals surface area contributed by atoms with Gasteiger partial charge in [-0.05, 0) is 17.7 Å². The van der Waals surface area contributed by atoms with Gasteiger partial charge in [0.05, 0.1) is 17.8 Å². The molecule has 0 saturated carbocycles. The number of rotatable bonds is 1. The molecule has 0 fully saturated rings. The Morgan fingerprint density at radius 1 is 1.64 bits per heavy atom. The van der Waals surface area contributed by atoms with Crippen LogP contribution in [0.5, 0.6) is 0 Å². The molecule has 1 N–H and O–H groups in total. The molecule has 0 aromatic carbocycles. The third kappa shape index (κ3) is 1.32. The van der Waals surface area contributed by atoms with Crippen LogP contribution < -0.4 is 4.72 Å². The Hall–Kier alpha value is -0.350. The van der Waals surface area contributed by atoms with Crippen LogP contribution in [0.1, 0.15) is 0 Å². The Kier molecular flexibility index (Phi) is 1.96. The second-order valence-electron chi connectivity index (χ2n) is 2.27. The van der Waals surface area contributed by atoms with E-state index in [2.05, 4.69) is 43.3 Å². The molecule has 4 heteroatoms. The van der Waals surface area contributed by atoms with E-state index in [4.69, 9.17) is 0 Å². The van der Waals surface area contributed by atoms with E-state index >= 15 is 0 Å². The predicted molar refractivity (Wildman–Crippen MR) is 51.7 cm³/mol. The standard InChI is InChI=1S/C7H7BrN2S/c8-4-6-1-2-10-7(3-6)5-9-11-10/h1-3,5,9H,4H2. The molecule has 0 amide bonds. The van der Waals surface area contributed by atoms with Gasteiger partial charge in [-0.1, -0.05) is 15.9 Å². The first-order valence-corrected chi connectivity index (χ1v) is 5.16. The molecule has 0 aliphatic carbocycles. The van der Waals surface area contributed by atoms with E-state index in [1.165, 1.54) is 11.3 Å². The van der Waals surface area contributed by atoms with Crippen LogP contribution in [-0.4, -0.2) is 9.64 Å². The number of nitrogens with zero attached hydrogens (tertiary/aromatic N) is 1. The van der Waals surface area contributed by atoms with Crippen molar-refractivity contribution in [1.82, 2.24) is 9.03 Å². The molecule has 2 aliphatic rings. The molecule has 0 radical (unpaired) electrons. The minimum absolute atomic E-state index is 0.916. The van der Waals surface area contributed by atoms with Crippen molar-refractivity contribution in [2.24, 2.45) is 0 Å². The Morgan fingerprint density at radius 2 is 2.55 bits per heavy atom. The summed E-state index contributed by atoms with van der Waals surface area (Å²) in [6.45, 7) is 0. The Balaban J connectivity index is 2.25. The first-order valence-electron chi connectivity index (χ1n) is 3.27. The van der Waals surface area contributed by atoms with Crippen LogP contribution in [0.4, 0.5) is 0 Å². The molecule has 0 aromatic heterocycles. The maximum Gasteiger partial charge on any atom is 0.0726 e. The maximum atomic E-state index is 3.42. The molecule has 2 heterocycles. The van der Waals surface area contributed by atoms with Crippen LogP contribution in [0.15, 0.2) is 35.8 Å². The number of halogens is 1. The molecule has 0 spiro atoms. The number of hydrogen-bond donors (Lipinski definition) is 1. The van der Waals surface area contributed by atoms with E-state index in [0.717, 1.165) is 5.33 Å². The SMILES string of the molecule is BrCC1=CC2=CNSN2C=C1. The van der Waals surface area contributed by atoms with Crippen molar-refractivity contribution in [2.75, 3.05) is 5.33 Å². The third-order valence-corrected chi connectivity index (χ3v) is 2.92.